The van der Waals surface area contributed by atoms with E-state index in [0.29, 0.717) is 11.8 Å². The van der Waals surface area contributed by atoms with Crippen molar-refractivity contribution in [2.45, 2.75) is 39.5 Å². The Morgan fingerprint density at radius 2 is 1.26 bits per heavy atom. The zero-order valence-corrected chi connectivity index (χ0v) is 12.3. The standard InChI is InChI=1S/C18H23N/c1-12(2)14-9-7-10-15(13(3)4)18(14)16-8-5-6-11-17(16)19/h5-13H,19H2,1-4H3. The van der Waals surface area contributed by atoms with Gasteiger partial charge < -0.3 is 5.73 Å². The Bertz CT molecular complexity index is 541. The van der Waals surface area contributed by atoms with E-state index >= 15 is 0 Å². The summed E-state index contributed by atoms with van der Waals surface area (Å²) in [6.07, 6.45) is 0. The van der Waals surface area contributed by atoms with E-state index in [4.69, 9.17) is 5.73 Å². The van der Waals surface area contributed by atoms with E-state index in [9.17, 15) is 0 Å². The molecule has 100 valence electrons. The lowest BCUT2D eigenvalue weighted by Gasteiger charge is -2.21. The van der Waals surface area contributed by atoms with Crippen LogP contribution in [0.1, 0.15) is 50.7 Å². The van der Waals surface area contributed by atoms with Crippen LogP contribution in [0.2, 0.25) is 0 Å². The maximum absolute atomic E-state index is 6.19. The van der Waals surface area contributed by atoms with Crippen molar-refractivity contribution < 1.29 is 0 Å². The van der Waals surface area contributed by atoms with Crippen LogP contribution in [0, 0.1) is 0 Å². The van der Waals surface area contributed by atoms with Crippen LogP contribution in [0.25, 0.3) is 11.1 Å². The molecular weight excluding hydrogens is 230 g/mol. The lowest BCUT2D eigenvalue weighted by Crippen LogP contribution is -2.01. The lowest BCUT2D eigenvalue weighted by atomic mass is 9.84. The molecule has 19 heavy (non-hydrogen) atoms. The van der Waals surface area contributed by atoms with Gasteiger partial charge in [-0.25, -0.2) is 0 Å². The summed E-state index contributed by atoms with van der Waals surface area (Å²) in [5, 5.41) is 0. The number of anilines is 1. The molecule has 0 saturated heterocycles. The summed E-state index contributed by atoms with van der Waals surface area (Å²) in [5.41, 5.74) is 12.3. The van der Waals surface area contributed by atoms with E-state index in [0.717, 1.165) is 11.3 Å². The monoisotopic (exact) mass is 253 g/mol. The third kappa shape index (κ3) is 2.65. The Hall–Kier alpha value is -1.76. The summed E-state index contributed by atoms with van der Waals surface area (Å²) in [5.74, 6) is 0.988. The second kappa shape index (κ2) is 5.48. The molecule has 0 aliphatic heterocycles. The Morgan fingerprint density at radius 3 is 1.74 bits per heavy atom. The van der Waals surface area contributed by atoms with Crippen molar-refractivity contribution in [2.24, 2.45) is 0 Å². The summed E-state index contributed by atoms with van der Waals surface area (Å²) in [6.45, 7) is 8.95. The second-order valence-corrected chi connectivity index (χ2v) is 5.71. The van der Waals surface area contributed by atoms with Gasteiger partial charge in [0.1, 0.15) is 0 Å². The first-order valence-corrected chi connectivity index (χ1v) is 7.00. The van der Waals surface area contributed by atoms with Gasteiger partial charge >= 0.3 is 0 Å². The molecule has 2 aromatic carbocycles. The van der Waals surface area contributed by atoms with Crippen molar-refractivity contribution in [3.05, 3.63) is 53.6 Å². The summed E-state index contributed by atoms with van der Waals surface area (Å²) in [7, 11) is 0. The molecule has 0 aliphatic carbocycles. The highest BCUT2D eigenvalue weighted by atomic mass is 14.6. The molecule has 2 N–H and O–H groups in total. The van der Waals surface area contributed by atoms with Crippen LogP contribution < -0.4 is 5.73 Å². The third-order valence-corrected chi connectivity index (χ3v) is 3.60. The van der Waals surface area contributed by atoms with Crippen molar-refractivity contribution in [3.8, 4) is 11.1 Å². The Morgan fingerprint density at radius 1 is 0.737 bits per heavy atom. The predicted molar refractivity (Wildman–Crippen MR) is 84.5 cm³/mol. The highest BCUT2D eigenvalue weighted by Crippen LogP contribution is 2.38. The van der Waals surface area contributed by atoms with Gasteiger partial charge in [0.15, 0.2) is 0 Å². The molecule has 0 atom stereocenters. The lowest BCUT2D eigenvalue weighted by molar-refractivity contribution is 0.838. The predicted octanol–water partition coefficient (Wildman–Crippen LogP) is 5.18. The first-order chi connectivity index (χ1) is 9.02. The number of rotatable bonds is 3. The molecule has 0 saturated carbocycles. The van der Waals surface area contributed by atoms with E-state index in [1.165, 1.54) is 16.7 Å². The van der Waals surface area contributed by atoms with Gasteiger partial charge in [-0.05, 0) is 34.6 Å². The molecule has 1 nitrogen and oxygen atoms in total. The average molecular weight is 253 g/mol. The van der Waals surface area contributed by atoms with Crippen molar-refractivity contribution in [1.29, 1.82) is 0 Å². The minimum atomic E-state index is 0.494. The second-order valence-electron chi connectivity index (χ2n) is 5.71. The van der Waals surface area contributed by atoms with E-state index in [1.54, 1.807) is 0 Å². The van der Waals surface area contributed by atoms with Crippen LogP contribution in [-0.2, 0) is 0 Å². The number of nitrogen functional groups attached to an aromatic ring is 1. The van der Waals surface area contributed by atoms with E-state index < -0.39 is 0 Å². The molecule has 0 spiro atoms. The maximum atomic E-state index is 6.19. The van der Waals surface area contributed by atoms with Crippen molar-refractivity contribution in [3.63, 3.8) is 0 Å². The number of nitrogens with two attached hydrogens (primary N) is 1. The summed E-state index contributed by atoms with van der Waals surface area (Å²) >= 11 is 0. The molecule has 2 rings (SSSR count). The summed E-state index contributed by atoms with van der Waals surface area (Å²) in [6, 6.07) is 14.8. The quantitative estimate of drug-likeness (QED) is 0.749. The first-order valence-electron chi connectivity index (χ1n) is 7.00. The van der Waals surface area contributed by atoms with E-state index in [-0.39, 0.29) is 0 Å². The third-order valence-electron chi connectivity index (χ3n) is 3.60. The molecule has 0 bridgehead atoms. The van der Waals surface area contributed by atoms with E-state index in [1.807, 2.05) is 12.1 Å². The minimum absolute atomic E-state index is 0.494. The van der Waals surface area contributed by atoms with Crippen molar-refractivity contribution in [2.75, 3.05) is 5.73 Å². The van der Waals surface area contributed by atoms with Crippen LogP contribution in [0.3, 0.4) is 0 Å². The molecule has 0 unspecified atom stereocenters. The van der Waals surface area contributed by atoms with Gasteiger partial charge in [-0.15, -0.1) is 0 Å². The summed E-state index contributed by atoms with van der Waals surface area (Å²) < 4.78 is 0. The van der Waals surface area contributed by atoms with Crippen LogP contribution in [-0.4, -0.2) is 0 Å². The van der Waals surface area contributed by atoms with Gasteiger partial charge in [0.2, 0.25) is 0 Å². The zero-order chi connectivity index (χ0) is 14.0. The largest absolute Gasteiger partial charge is 0.398 e. The van der Waals surface area contributed by atoms with E-state index in [2.05, 4.69) is 58.0 Å². The van der Waals surface area contributed by atoms with Gasteiger partial charge in [0.05, 0.1) is 0 Å². The molecule has 0 radical (unpaired) electrons. The fourth-order valence-electron chi connectivity index (χ4n) is 2.59. The highest BCUT2D eigenvalue weighted by molar-refractivity contribution is 5.81. The van der Waals surface area contributed by atoms with Gasteiger partial charge in [0.25, 0.3) is 0 Å². The molecule has 1 heteroatoms. The zero-order valence-electron chi connectivity index (χ0n) is 12.3. The summed E-state index contributed by atoms with van der Waals surface area (Å²) in [4.78, 5) is 0. The number of para-hydroxylation sites is 1. The van der Waals surface area contributed by atoms with Crippen molar-refractivity contribution >= 4 is 5.69 Å². The topological polar surface area (TPSA) is 26.0 Å². The number of benzene rings is 2. The first kappa shape index (κ1) is 13.7. The van der Waals surface area contributed by atoms with Gasteiger partial charge in [-0.2, -0.15) is 0 Å². The van der Waals surface area contributed by atoms with Crippen molar-refractivity contribution in [1.82, 2.24) is 0 Å². The molecule has 2 aromatic rings. The van der Waals surface area contributed by atoms with Crippen LogP contribution in [0.15, 0.2) is 42.5 Å². The molecule has 0 heterocycles. The molecule has 0 fully saturated rings. The average Bonchev–Trinajstić information content (AvgIpc) is 2.38. The number of hydrogen-bond acceptors (Lipinski definition) is 1. The van der Waals surface area contributed by atoms with Crippen LogP contribution in [0.5, 0.6) is 0 Å². The molecule has 0 amide bonds. The van der Waals surface area contributed by atoms with Crippen LogP contribution in [0.4, 0.5) is 5.69 Å². The minimum Gasteiger partial charge on any atom is -0.398 e. The van der Waals surface area contributed by atoms with Gasteiger partial charge in [0, 0.05) is 11.3 Å². The maximum Gasteiger partial charge on any atom is 0.0393 e. The number of hydrogen-bond donors (Lipinski definition) is 1. The smallest absolute Gasteiger partial charge is 0.0393 e. The van der Waals surface area contributed by atoms with Gasteiger partial charge in [-0.3, -0.25) is 0 Å². The highest BCUT2D eigenvalue weighted by Gasteiger charge is 2.16. The SMILES string of the molecule is CC(C)c1cccc(C(C)C)c1-c1ccccc1N. The molecule has 0 aromatic heterocycles. The normalized spacial score (nSPS) is 11.3. The molecular formula is C18H23N. The Labute approximate surface area is 116 Å². The Kier molecular flexibility index (Phi) is 3.94. The van der Waals surface area contributed by atoms with Crippen LogP contribution >= 0.6 is 0 Å². The Balaban J connectivity index is 2.76. The fourth-order valence-corrected chi connectivity index (χ4v) is 2.59. The van der Waals surface area contributed by atoms with Gasteiger partial charge in [-0.1, -0.05) is 64.1 Å². The fraction of sp³-hybridized carbons (Fsp3) is 0.333. The molecule has 0 aliphatic rings.